The van der Waals surface area contributed by atoms with Crippen LogP contribution in [0.5, 0.6) is 0 Å². The Morgan fingerprint density at radius 3 is 2.38 bits per heavy atom. The fourth-order valence-corrected chi connectivity index (χ4v) is 8.62. The lowest BCUT2D eigenvalue weighted by atomic mass is 10.1. The first kappa shape index (κ1) is 32.9. The Labute approximate surface area is 278 Å². The molecule has 0 radical (unpaired) electrons. The minimum absolute atomic E-state index is 0.0536. The Morgan fingerprint density at radius 1 is 0.957 bits per heavy atom. The molecule has 47 heavy (non-hydrogen) atoms. The van der Waals surface area contributed by atoms with Crippen molar-refractivity contribution in [3.8, 4) is 21.8 Å². The highest BCUT2D eigenvalue weighted by Crippen LogP contribution is 2.43. The molecule has 0 atom stereocenters. The Balaban J connectivity index is 1.41. The second kappa shape index (κ2) is 13.2. The molecule has 0 amide bonds. The van der Waals surface area contributed by atoms with Gasteiger partial charge in [-0.3, -0.25) is 0 Å². The van der Waals surface area contributed by atoms with Crippen molar-refractivity contribution in [1.82, 2.24) is 15.0 Å². The lowest BCUT2D eigenvalue weighted by Crippen LogP contribution is -2.36. The summed E-state index contributed by atoms with van der Waals surface area (Å²) in [6.07, 6.45) is 2.66. The van der Waals surface area contributed by atoms with E-state index >= 15 is 0 Å². The maximum absolute atomic E-state index is 14.4. The number of ether oxygens (including phenoxy) is 1. The molecule has 1 aliphatic heterocycles. The van der Waals surface area contributed by atoms with E-state index in [0.717, 1.165) is 24.5 Å². The number of nitrogens with one attached hydrogen (secondary N) is 1. The zero-order valence-electron chi connectivity index (χ0n) is 24.7. The van der Waals surface area contributed by atoms with Crippen molar-refractivity contribution in [2.24, 2.45) is 0 Å². The Hall–Kier alpha value is -4.02. The molecule has 2 aromatic heterocycles. The Bertz CT molecular complexity index is 2170. The summed E-state index contributed by atoms with van der Waals surface area (Å²) in [6.45, 7) is 2.22. The van der Waals surface area contributed by atoms with Crippen LogP contribution in [0.4, 0.5) is 25.5 Å². The number of sulfone groups is 2. The van der Waals surface area contributed by atoms with Gasteiger partial charge in [-0.25, -0.2) is 40.6 Å². The van der Waals surface area contributed by atoms with Crippen molar-refractivity contribution >= 4 is 59.4 Å². The molecule has 1 N–H and O–H groups in total. The third kappa shape index (κ3) is 7.13. The van der Waals surface area contributed by atoms with Crippen molar-refractivity contribution in [2.45, 2.75) is 15.5 Å². The van der Waals surface area contributed by atoms with Crippen LogP contribution in [0.25, 0.3) is 21.8 Å². The van der Waals surface area contributed by atoms with Gasteiger partial charge in [0.25, 0.3) is 0 Å². The van der Waals surface area contributed by atoms with Crippen LogP contribution in [0.1, 0.15) is 5.56 Å². The number of halogens is 3. The van der Waals surface area contributed by atoms with Gasteiger partial charge in [-0.1, -0.05) is 53.3 Å². The number of nitrogens with zero attached hydrogens (tertiary/aromatic N) is 4. The van der Waals surface area contributed by atoms with Crippen molar-refractivity contribution in [3.05, 3.63) is 95.1 Å². The van der Waals surface area contributed by atoms with Gasteiger partial charge < -0.3 is 15.0 Å². The van der Waals surface area contributed by atoms with Crippen molar-refractivity contribution in [1.29, 1.82) is 0 Å². The molecule has 1 saturated heterocycles. The molecule has 5 aromatic rings. The second-order valence-corrected chi connectivity index (χ2v) is 15.9. The number of morpholine rings is 1. The van der Waals surface area contributed by atoms with E-state index in [1.165, 1.54) is 35.7 Å². The average Bonchev–Trinajstić information content (AvgIpc) is 3.48. The number of aromatic nitrogens is 3. The van der Waals surface area contributed by atoms with Crippen LogP contribution < -0.4 is 10.2 Å². The van der Waals surface area contributed by atoms with Crippen LogP contribution in [0.3, 0.4) is 0 Å². The molecule has 3 aromatic carbocycles. The highest BCUT2D eigenvalue weighted by atomic mass is 35.5. The molecule has 6 rings (SSSR count). The molecule has 0 bridgehead atoms. The summed E-state index contributed by atoms with van der Waals surface area (Å²) in [5.74, 6) is -2.93. The summed E-state index contributed by atoms with van der Waals surface area (Å²) in [4.78, 5) is 15.7. The Kier molecular flexibility index (Phi) is 9.27. The Morgan fingerprint density at radius 2 is 1.66 bits per heavy atom. The zero-order chi connectivity index (χ0) is 33.3. The maximum atomic E-state index is 14.4. The molecule has 0 unspecified atom stereocenters. The number of anilines is 3. The molecular weight excluding hydrogens is 692 g/mol. The summed E-state index contributed by atoms with van der Waals surface area (Å²) in [5, 5.41) is 3.76. The third-order valence-corrected chi connectivity index (χ3v) is 11.6. The minimum atomic E-state index is -4.46. The fourth-order valence-electron chi connectivity index (χ4n) is 4.96. The number of hydrogen-bond acceptors (Lipinski definition) is 11. The van der Waals surface area contributed by atoms with Crippen LogP contribution in [-0.4, -0.2) is 64.3 Å². The topological polar surface area (TPSA) is 131 Å². The van der Waals surface area contributed by atoms with Crippen molar-refractivity contribution in [2.75, 3.05) is 42.8 Å². The van der Waals surface area contributed by atoms with E-state index in [1.807, 2.05) is 0 Å². The lowest BCUT2D eigenvalue weighted by Gasteiger charge is -2.26. The van der Waals surface area contributed by atoms with Crippen LogP contribution >= 0.6 is 22.9 Å². The van der Waals surface area contributed by atoms with E-state index in [-0.39, 0.29) is 21.4 Å². The maximum Gasteiger partial charge on any atom is 0.227 e. The van der Waals surface area contributed by atoms with Crippen LogP contribution in [0.2, 0.25) is 5.02 Å². The van der Waals surface area contributed by atoms with Crippen molar-refractivity contribution < 1.29 is 30.4 Å². The van der Waals surface area contributed by atoms with E-state index in [0.29, 0.717) is 59.0 Å². The lowest BCUT2D eigenvalue weighted by molar-refractivity contribution is 0.122. The predicted octanol–water partition coefficient (Wildman–Crippen LogP) is 6.16. The van der Waals surface area contributed by atoms with Gasteiger partial charge in [0.1, 0.15) is 16.5 Å². The number of rotatable bonds is 9. The van der Waals surface area contributed by atoms with Gasteiger partial charge in [0.2, 0.25) is 5.95 Å². The van der Waals surface area contributed by atoms with E-state index in [2.05, 4.69) is 20.2 Å². The standard InChI is InChI=1S/C31H26ClF2N5O5S3/c1-46(40,41)21-7-3-6-20(17-21)36-30-35-12-11-25(37-30)28-27(38-31(45-28)39-13-15-44-16-14-39)22-8-2-5-19(26(22)32)18-47(42,43)29-23(33)9-4-10-24(29)34/h2-12,17H,13-16,18H2,1H3,(H,35,36,37). The summed E-state index contributed by atoms with van der Waals surface area (Å²) in [6, 6.07) is 15.6. The predicted molar refractivity (Wildman–Crippen MR) is 177 cm³/mol. The van der Waals surface area contributed by atoms with Gasteiger partial charge in [-0.2, -0.15) is 0 Å². The molecule has 244 valence electrons. The SMILES string of the molecule is CS(=O)(=O)c1cccc(Nc2nccc(-c3sc(N4CCOCC4)nc3-c3cccc(CS(=O)(=O)c4c(F)cccc4F)c3Cl)n2)c1. The molecule has 0 aliphatic carbocycles. The van der Waals surface area contributed by atoms with Gasteiger partial charge in [-0.15, -0.1) is 0 Å². The first-order valence-electron chi connectivity index (χ1n) is 14.1. The van der Waals surface area contributed by atoms with Gasteiger partial charge in [0.15, 0.2) is 24.8 Å². The largest absolute Gasteiger partial charge is 0.378 e. The van der Waals surface area contributed by atoms with Crippen LogP contribution in [-0.2, 0) is 30.2 Å². The molecule has 10 nitrogen and oxygen atoms in total. The molecule has 0 saturated carbocycles. The quantitative estimate of drug-likeness (QED) is 0.189. The molecule has 1 fully saturated rings. The highest BCUT2D eigenvalue weighted by Gasteiger charge is 2.28. The molecule has 16 heteroatoms. The first-order valence-corrected chi connectivity index (χ1v) is 18.8. The second-order valence-electron chi connectivity index (χ2n) is 10.6. The molecule has 3 heterocycles. The summed E-state index contributed by atoms with van der Waals surface area (Å²) >= 11 is 8.20. The number of thiazole rings is 1. The average molecular weight is 718 g/mol. The van der Waals surface area contributed by atoms with Gasteiger partial charge in [0, 0.05) is 36.8 Å². The fraction of sp³-hybridized carbons (Fsp3) is 0.194. The van der Waals surface area contributed by atoms with Crippen LogP contribution in [0.15, 0.2) is 82.7 Å². The first-order chi connectivity index (χ1) is 22.4. The molecule has 0 spiro atoms. The molecular formula is C31H26ClF2N5O5S3. The zero-order valence-corrected chi connectivity index (χ0v) is 27.9. The van der Waals surface area contributed by atoms with Gasteiger partial charge >= 0.3 is 0 Å². The normalized spacial score (nSPS) is 13.9. The van der Waals surface area contributed by atoms with Crippen LogP contribution in [0, 0.1) is 11.6 Å². The number of benzene rings is 3. The molecule has 1 aliphatic rings. The van der Waals surface area contributed by atoms with E-state index in [4.69, 9.17) is 21.3 Å². The van der Waals surface area contributed by atoms with Gasteiger partial charge in [-0.05, 0) is 42.0 Å². The summed E-state index contributed by atoms with van der Waals surface area (Å²) in [5.41, 5.74) is 1.88. The third-order valence-electron chi connectivity index (χ3n) is 7.21. The highest BCUT2D eigenvalue weighted by molar-refractivity contribution is 7.91. The van der Waals surface area contributed by atoms with E-state index < -0.39 is 42.0 Å². The minimum Gasteiger partial charge on any atom is -0.378 e. The van der Waals surface area contributed by atoms with Crippen molar-refractivity contribution in [3.63, 3.8) is 0 Å². The smallest absolute Gasteiger partial charge is 0.227 e. The summed E-state index contributed by atoms with van der Waals surface area (Å²) < 4.78 is 84.8. The monoisotopic (exact) mass is 717 g/mol. The van der Waals surface area contributed by atoms with E-state index in [1.54, 1.807) is 30.3 Å². The van der Waals surface area contributed by atoms with E-state index in [9.17, 15) is 25.6 Å². The summed E-state index contributed by atoms with van der Waals surface area (Å²) in [7, 11) is -7.90. The van der Waals surface area contributed by atoms with Gasteiger partial charge in [0.05, 0.1) is 45.1 Å². The number of hydrogen-bond donors (Lipinski definition) is 1.